The maximum Gasteiger partial charge on any atom is 0.230 e. The summed E-state index contributed by atoms with van der Waals surface area (Å²) in [5.41, 5.74) is 0.904. The predicted molar refractivity (Wildman–Crippen MR) is 74.9 cm³/mol. The van der Waals surface area contributed by atoms with Gasteiger partial charge in [-0.15, -0.1) is 11.6 Å². The van der Waals surface area contributed by atoms with Crippen LogP contribution >= 0.6 is 11.6 Å². The first-order valence-electron chi connectivity index (χ1n) is 6.63. The van der Waals surface area contributed by atoms with Gasteiger partial charge in [-0.2, -0.15) is 0 Å². The molecule has 1 atom stereocenters. The molecule has 3 heteroatoms. The Balaban J connectivity index is 1.86. The summed E-state index contributed by atoms with van der Waals surface area (Å²) in [5, 5.41) is 3.23. The van der Waals surface area contributed by atoms with Crippen molar-refractivity contribution < 1.29 is 4.79 Å². The maximum atomic E-state index is 12.2. The molecule has 1 N–H and O–H groups in total. The number of halogens is 1. The zero-order valence-corrected chi connectivity index (χ0v) is 11.5. The highest BCUT2D eigenvalue weighted by atomic mass is 35.5. The van der Waals surface area contributed by atoms with Gasteiger partial charge in [-0.05, 0) is 38.2 Å². The first-order valence-corrected chi connectivity index (χ1v) is 7.07. The molecule has 1 saturated carbocycles. The van der Waals surface area contributed by atoms with Gasteiger partial charge in [-0.1, -0.05) is 30.3 Å². The second-order valence-corrected chi connectivity index (χ2v) is 5.87. The van der Waals surface area contributed by atoms with Crippen LogP contribution in [0, 0.1) is 0 Å². The lowest BCUT2D eigenvalue weighted by atomic mass is 9.95. The molecule has 1 amide bonds. The van der Waals surface area contributed by atoms with E-state index in [1.54, 1.807) is 0 Å². The molecule has 0 aromatic heterocycles. The smallest absolute Gasteiger partial charge is 0.230 e. The molecular formula is C15H20ClNO. The van der Waals surface area contributed by atoms with Crippen LogP contribution in [-0.2, 0) is 10.2 Å². The molecule has 0 bridgehead atoms. The monoisotopic (exact) mass is 265 g/mol. The zero-order chi connectivity index (χ0) is 13.0. The van der Waals surface area contributed by atoms with E-state index in [4.69, 9.17) is 11.6 Å². The topological polar surface area (TPSA) is 29.1 Å². The summed E-state index contributed by atoms with van der Waals surface area (Å²) in [6, 6.07) is 10.1. The summed E-state index contributed by atoms with van der Waals surface area (Å²) >= 11 is 5.88. The Morgan fingerprint density at radius 2 is 2.06 bits per heavy atom. The first-order chi connectivity index (χ1) is 8.65. The van der Waals surface area contributed by atoms with Crippen LogP contribution in [0.1, 0.15) is 38.2 Å². The fourth-order valence-corrected chi connectivity index (χ4v) is 2.44. The summed E-state index contributed by atoms with van der Waals surface area (Å²) < 4.78 is 0. The molecule has 1 aliphatic carbocycles. The lowest BCUT2D eigenvalue weighted by Crippen LogP contribution is -2.35. The van der Waals surface area contributed by atoms with E-state index in [2.05, 4.69) is 5.32 Å². The van der Waals surface area contributed by atoms with Crippen LogP contribution in [0.4, 0.5) is 0 Å². The molecule has 1 unspecified atom stereocenters. The van der Waals surface area contributed by atoms with E-state index in [0.29, 0.717) is 0 Å². The normalized spacial score (nSPS) is 18.1. The van der Waals surface area contributed by atoms with E-state index in [-0.39, 0.29) is 16.7 Å². The van der Waals surface area contributed by atoms with Crippen LogP contribution < -0.4 is 5.32 Å². The van der Waals surface area contributed by atoms with Gasteiger partial charge in [-0.25, -0.2) is 0 Å². The highest BCUT2D eigenvalue weighted by Gasteiger charge is 2.50. The van der Waals surface area contributed by atoms with Gasteiger partial charge in [0.05, 0.1) is 5.41 Å². The molecule has 2 rings (SSSR count). The molecule has 1 fully saturated rings. The molecule has 18 heavy (non-hydrogen) atoms. The third-order valence-electron chi connectivity index (χ3n) is 3.58. The number of benzene rings is 1. The van der Waals surface area contributed by atoms with Crippen LogP contribution in [0.25, 0.3) is 0 Å². The highest BCUT2D eigenvalue weighted by Crippen LogP contribution is 2.48. The maximum absolute atomic E-state index is 12.2. The summed E-state index contributed by atoms with van der Waals surface area (Å²) in [6.45, 7) is 2.71. The molecule has 1 aromatic rings. The lowest BCUT2D eigenvalue weighted by molar-refractivity contribution is -0.123. The van der Waals surface area contributed by atoms with Gasteiger partial charge in [0.15, 0.2) is 0 Å². The molecule has 0 saturated heterocycles. The summed E-state index contributed by atoms with van der Waals surface area (Å²) in [7, 11) is 0. The van der Waals surface area contributed by atoms with Crippen LogP contribution in [0.15, 0.2) is 30.3 Å². The van der Waals surface area contributed by atoms with Crippen molar-refractivity contribution in [3.63, 3.8) is 0 Å². The van der Waals surface area contributed by atoms with Crippen molar-refractivity contribution in [2.75, 3.05) is 6.54 Å². The molecule has 0 radical (unpaired) electrons. The van der Waals surface area contributed by atoms with Crippen molar-refractivity contribution in [3.8, 4) is 0 Å². The van der Waals surface area contributed by atoms with Crippen LogP contribution in [0.2, 0.25) is 0 Å². The third kappa shape index (κ3) is 3.05. The second-order valence-electron chi connectivity index (χ2n) is 5.13. The number of carbonyl (C=O) groups is 1. The summed E-state index contributed by atoms with van der Waals surface area (Å²) in [4.78, 5) is 12.2. The highest BCUT2D eigenvalue weighted by molar-refractivity contribution is 6.20. The molecule has 0 aliphatic heterocycles. The van der Waals surface area contributed by atoms with Gasteiger partial charge in [0.25, 0.3) is 0 Å². The van der Waals surface area contributed by atoms with Crippen molar-refractivity contribution in [2.24, 2.45) is 0 Å². The summed E-state index contributed by atoms with van der Waals surface area (Å²) in [5.74, 6) is 0.177. The molecule has 0 spiro atoms. The molecule has 1 aromatic carbocycles. The van der Waals surface area contributed by atoms with Crippen molar-refractivity contribution in [2.45, 2.75) is 43.4 Å². The minimum Gasteiger partial charge on any atom is -0.355 e. The summed E-state index contributed by atoms with van der Waals surface area (Å²) in [6.07, 6.45) is 3.82. The Labute approximate surface area is 114 Å². The third-order valence-corrected chi connectivity index (χ3v) is 3.79. The van der Waals surface area contributed by atoms with Crippen molar-refractivity contribution >= 4 is 17.5 Å². The van der Waals surface area contributed by atoms with E-state index >= 15 is 0 Å². The predicted octanol–water partition coefficient (Wildman–Crippen LogP) is 3.24. The number of nitrogens with one attached hydrogen (secondary N) is 1. The van der Waals surface area contributed by atoms with Crippen molar-refractivity contribution in [1.29, 1.82) is 0 Å². The molecule has 0 heterocycles. The second kappa shape index (κ2) is 5.75. The van der Waals surface area contributed by atoms with Crippen LogP contribution in [0.3, 0.4) is 0 Å². The fourth-order valence-electron chi connectivity index (χ4n) is 2.28. The van der Waals surface area contributed by atoms with Crippen LogP contribution in [-0.4, -0.2) is 17.8 Å². The number of carbonyl (C=O) groups excluding carboxylic acids is 1. The number of hydrogen-bond donors (Lipinski definition) is 1. The van der Waals surface area contributed by atoms with Gasteiger partial charge in [0.2, 0.25) is 5.91 Å². The average Bonchev–Trinajstić information content (AvgIpc) is 3.17. The Hall–Kier alpha value is -1.02. The average molecular weight is 266 g/mol. The Bertz CT molecular complexity index is 398. The van der Waals surface area contributed by atoms with E-state index < -0.39 is 0 Å². The lowest BCUT2D eigenvalue weighted by Gasteiger charge is -2.15. The minimum absolute atomic E-state index is 0.177. The van der Waals surface area contributed by atoms with E-state index in [0.717, 1.165) is 37.8 Å². The fraction of sp³-hybridized carbons (Fsp3) is 0.533. The SMILES string of the molecule is CC(Cl)CCCNC(=O)C1(c2ccccc2)CC1. The molecule has 98 valence electrons. The van der Waals surface area contributed by atoms with E-state index in [9.17, 15) is 4.79 Å². The van der Waals surface area contributed by atoms with Gasteiger partial charge in [0, 0.05) is 11.9 Å². The first kappa shape index (κ1) is 13.4. The van der Waals surface area contributed by atoms with Gasteiger partial charge >= 0.3 is 0 Å². The standard InChI is InChI=1S/C15H20ClNO/c1-12(16)6-5-11-17-14(18)15(9-10-15)13-7-3-2-4-8-13/h2-4,7-8,12H,5-6,9-11H2,1H3,(H,17,18). The number of amides is 1. The molecule has 1 aliphatic rings. The van der Waals surface area contributed by atoms with Crippen molar-refractivity contribution in [3.05, 3.63) is 35.9 Å². The Morgan fingerprint density at radius 3 is 2.61 bits per heavy atom. The number of rotatable bonds is 6. The van der Waals surface area contributed by atoms with Gasteiger partial charge < -0.3 is 5.32 Å². The number of hydrogen-bond acceptors (Lipinski definition) is 1. The van der Waals surface area contributed by atoms with Gasteiger partial charge in [-0.3, -0.25) is 4.79 Å². The van der Waals surface area contributed by atoms with Crippen LogP contribution in [0.5, 0.6) is 0 Å². The molecule has 2 nitrogen and oxygen atoms in total. The van der Waals surface area contributed by atoms with E-state index in [1.165, 1.54) is 0 Å². The Kier molecular flexibility index (Phi) is 4.28. The van der Waals surface area contributed by atoms with E-state index in [1.807, 2.05) is 37.3 Å². The zero-order valence-electron chi connectivity index (χ0n) is 10.8. The quantitative estimate of drug-likeness (QED) is 0.621. The van der Waals surface area contributed by atoms with Gasteiger partial charge in [0.1, 0.15) is 0 Å². The molecular weight excluding hydrogens is 246 g/mol. The van der Waals surface area contributed by atoms with Crippen molar-refractivity contribution in [1.82, 2.24) is 5.32 Å². The Morgan fingerprint density at radius 1 is 1.39 bits per heavy atom. The number of alkyl halides is 1. The largest absolute Gasteiger partial charge is 0.355 e. The minimum atomic E-state index is -0.242.